The molecule has 0 bridgehead atoms. The first-order valence-electron chi connectivity index (χ1n) is 8.24. The SMILES string of the molecule is c1ccc(N=C2CC(c3ccc(Oc4ccccc4)cc3)ON2)cc1. The highest BCUT2D eigenvalue weighted by Crippen LogP contribution is 2.29. The normalized spacial score (nSPS) is 18.1. The summed E-state index contributed by atoms with van der Waals surface area (Å²) in [4.78, 5) is 10.2. The van der Waals surface area contributed by atoms with Crippen LogP contribution in [0.15, 0.2) is 89.9 Å². The first-order chi connectivity index (χ1) is 12.4. The molecule has 0 aliphatic carbocycles. The largest absolute Gasteiger partial charge is 0.457 e. The molecule has 0 spiro atoms. The second-order valence-electron chi connectivity index (χ2n) is 5.79. The smallest absolute Gasteiger partial charge is 0.129 e. The number of hydrogen-bond acceptors (Lipinski definition) is 3. The number of hydrogen-bond donors (Lipinski definition) is 1. The zero-order chi connectivity index (χ0) is 16.9. The summed E-state index contributed by atoms with van der Waals surface area (Å²) in [6.07, 6.45) is 0.668. The third kappa shape index (κ3) is 3.87. The van der Waals surface area contributed by atoms with Crippen molar-refractivity contribution in [1.82, 2.24) is 5.48 Å². The van der Waals surface area contributed by atoms with E-state index in [1.54, 1.807) is 0 Å². The number of amidine groups is 1. The van der Waals surface area contributed by atoms with E-state index < -0.39 is 0 Å². The minimum atomic E-state index is -0.0479. The van der Waals surface area contributed by atoms with Crippen molar-refractivity contribution >= 4 is 11.5 Å². The Hall–Kier alpha value is -3.11. The molecule has 1 saturated heterocycles. The van der Waals surface area contributed by atoms with Gasteiger partial charge in [0.05, 0.1) is 5.69 Å². The quantitative estimate of drug-likeness (QED) is 0.717. The summed E-state index contributed by atoms with van der Waals surface area (Å²) in [5, 5.41) is 0. The van der Waals surface area contributed by atoms with Crippen LogP contribution in [0.1, 0.15) is 18.1 Å². The van der Waals surface area contributed by atoms with Crippen molar-refractivity contribution in [3.8, 4) is 11.5 Å². The lowest BCUT2D eigenvalue weighted by Gasteiger charge is -2.09. The highest BCUT2D eigenvalue weighted by Gasteiger charge is 2.23. The first-order valence-corrected chi connectivity index (χ1v) is 8.24. The third-order valence-electron chi connectivity index (χ3n) is 3.95. The first kappa shape index (κ1) is 15.4. The average Bonchev–Trinajstić information content (AvgIpc) is 3.12. The Morgan fingerprint density at radius 2 is 1.44 bits per heavy atom. The predicted octanol–water partition coefficient (Wildman–Crippen LogP) is 5.18. The maximum absolute atomic E-state index is 5.82. The van der Waals surface area contributed by atoms with Crippen LogP contribution in [0.5, 0.6) is 11.5 Å². The van der Waals surface area contributed by atoms with Gasteiger partial charge in [-0.05, 0) is 42.0 Å². The van der Waals surface area contributed by atoms with Crippen LogP contribution in [0, 0.1) is 0 Å². The number of nitrogens with one attached hydrogen (secondary N) is 1. The van der Waals surface area contributed by atoms with E-state index in [1.807, 2.05) is 84.9 Å². The molecule has 0 saturated carbocycles. The molecule has 0 radical (unpaired) electrons. The van der Waals surface area contributed by atoms with Gasteiger partial charge < -0.3 is 4.74 Å². The van der Waals surface area contributed by atoms with Crippen molar-refractivity contribution in [1.29, 1.82) is 0 Å². The van der Waals surface area contributed by atoms with Gasteiger partial charge in [-0.3, -0.25) is 10.3 Å². The summed E-state index contributed by atoms with van der Waals surface area (Å²) in [6, 6.07) is 27.6. The van der Waals surface area contributed by atoms with Crippen molar-refractivity contribution in [2.75, 3.05) is 0 Å². The molecule has 1 N–H and O–H groups in total. The van der Waals surface area contributed by atoms with Crippen molar-refractivity contribution < 1.29 is 9.57 Å². The van der Waals surface area contributed by atoms with Crippen molar-refractivity contribution in [2.24, 2.45) is 4.99 Å². The van der Waals surface area contributed by atoms with Gasteiger partial charge in [-0.1, -0.05) is 48.5 Å². The molecular formula is C21H18N2O2. The summed E-state index contributed by atoms with van der Waals surface area (Å²) in [5.74, 6) is 2.46. The molecule has 4 nitrogen and oxygen atoms in total. The van der Waals surface area contributed by atoms with Gasteiger partial charge in [0, 0.05) is 6.42 Å². The van der Waals surface area contributed by atoms with E-state index in [0.717, 1.165) is 28.6 Å². The van der Waals surface area contributed by atoms with Crippen LogP contribution in [-0.4, -0.2) is 5.84 Å². The number of benzene rings is 3. The lowest BCUT2D eigenvalue weighted by atomic mass is 10.1. The second-order valence-corrected chi connectivity index (χ2v) is 5.79. The van der Waals surface area contributed by atoms with Gasteiger partial charge in [0.2, 0.25) is 0 Å². The molecule has 1 fully saturated rings. The lowest BCUT2D eigenvalue weighted by molar-refractivity contribution is 0.0448. The summed E-state index contributed by atoms with van der Waals surface area (Å²) in [6.45, 7) is 0. The molecule has 3 aromatic rings. The van der Waals surface area contributed by atoms with E-state index in [-0.39, 0.29) is 6.10 Å². The Bertz CT molecular complexity index is 846. The van der Waals surface area contributed by atoms with Gasteiger partial charge in [0.1, 0.15) is 23.4 Å². The minimum Gasteiger partial charge on any atom is -0.457 e. The van der Waals surface area contributed by atoms with Crippen LogP contribution in [0.4, 0.5) is 5.69 Å². The number of nitrogens with zero attached hydrogens (tertiary/aromatic N) is 1. The monoisotopic (exact) mass is 330 g/mol. The molecule has 4 rings (SSSR count). The van der Waals surface area contributed by atoms with Gasteiger partial charge in [0.15, 0.2) is 0 Å². The van der Waals surface area contributed by atoms with E-state index in [2.05, 4.69) is 10.5 Å². The molecule has 3 aromatic carbocycles. The fourth-order valence-corrected chi connectivity index (χ4v) is 2.69. The van der Waals surface area contributed by atoms with Gasteiger partial charge in [-0.25, -0.2) is 4.99 Å². The summed E-state index contributed by atoms with van der Waals surface area (Å²) in [5.41, 5.74) is 4.93. The highest BCUT2D eigenvalue weighted by molar-refractivity contribution is 5.85. The fourth-order valence-electron chi connectivity index (χ4n) is 2.69. The molecule has 1 unspecified atom stereocenters. The van der Waals surface area contributed by atoms with Crippen molar-refractivity contribution in [2.45, 2.75) is 12.5 Å². The minimum absolute atomic E-state index is 0.0479. The Morgan fingerprint density at radius 1 is 0.800 bits per heavy atom. The van der Waals surface area contributed by atoms with E-state index in [9.17, 15) is 0 Å². The van der Waals surface area contributed by atoms with E-state index in [4.69, 9.17) is 9.57 Å². The van der Waals surface area contributed by atoms with Crippen LogP contribution in [0.2, 0.25) is 0 Å². The van der Waals surface area contributed by atoms with Gasteiger partial charge in [-0.15, -0.1) is 0 Å². The molecule has 1 atom stereocenters. The van der Waals surface area contributed by atoms with Crippen molar-refractivity contribution in [3.63, 3.8) is 0 Å². The number of ether oxygens (including phenoxy) is 1. The van der Waals surface area contributed by atoms with Crippen LogP contribution in [0.3, 0.4) is 0 Å². The molecule has 0 aromatic heterocycles. The average molecular weight is 330 g/mol. The number of para-hydroxylation sites is 2. The Kier molecular flexibility index (Phi) is 4.44. The molecule has 25 heavy (non-hydrogen) atoms. The summed E-state index contributed by atoms with van der Waals surface area (Å²) in [7, 11) is 0. The molecule has 1 aliphatic heterocycles. The molecule has 124 valence electrons. The van der Waals surface area contributed by atoms with E-state index in [0.29, 0.717) is 6.42 Å². The van der Waals surface area contributed by atoms with Crippen LogP contribution in [0.25, 0.3) is 0 Å². The summed E-state index contributed by atoms with van der Waals surface area (Å²) >= 11 is 0. The van der Waals surface area contributed by atoms with Gasteiger partial charge in [-0.2, -0.15) is 0 Å². The van der Waals surface area contributed by atoms with Crippen LogP contribution in [-0.2, 0) is 4.84 Å². The number of rotatable bonds is 4. The Labute approximate surface area is 146 Å². The maximum Gasteiger partial charge on any atom is 0.129 e. The van der Waals surface area contributed by atoms with Crippen LogP contribution >= 0.6 is 0 Å². The van der Waals surface area contributed by atoms with Gasteiger partial charge in [0.25, 0.3) is 0 Å². The highest BCUT2D eigenvalue weighted by atomic mass is 16.7. The molecular weight excluding hydrogens is 312 g/mol. The predicted molar refractivity (Wildman–Crippen MR) is 98.1 cm³/mol. The molecule has 1 heterocycles. The fraction of sp³-hybridized carbons (Fsp3) is 0.0952. The molecule has 0 amide bonds. The summed E-state index contributed by atoms with van der Waals surface area (Å²) < 4.78 is 5.82. The second kappa shape index (κ2) is 7.20. The third-order valence-corrected chi connectivity index (χ3v) is 3.95. The lowest BCUT2D eigenvalue weighted by Crippen LogP contribution is -2.11. The zero-order valence-electron chi connectivity index (χ0n) is 13.6. The number of aliphatic imine (C=N–C) groups is 1. The Balaban J connectivity index is 1.42. The topological polar surface area (TPSA) is 42.9 Å². The molecule has 4 heteroatoms. The zero-order valence-corrected chi connectivity index (χ0v) is 13.6. The number of hydroxylamine groups is 1. The standard InChI is InChI=1S/C21H18N2O2/c1-3-7-17(8-4-1)22-21-15-20(25-23-21)16-11-13-19(14-12-16)24-18-9-5-2-6-10-18/h1-14,20H,15H2,(H,22,23). The van der Waals surface area contributed by atoms with E-state index in [1.165, 1.54) is 0 Å². The van der Waals surface area contributed by atoms with Crippen molar-refractivity contribution in [3.05, 3.63) is 90.5 Å². The maximum atomic E-state index is 5.82. The van der Waals surface area contributed by atoms with E-state index >= 15 is 0 Å². The van der Waals surface area contributed by atoms with Gasteiger partial charge >= 0.3 is 0 Å². The van der Waals surface area contributed by atoms with Crippen LogP contribution < -0.4 is 10.2 Å². The molecule has 1 aliphatic rings. The Morgan fingerprint density at radius 3 is 2.16 bits per heavy atom.